The van der Waals surface area contributed by atoms with Gasteiger partial charge in [-0.1, -0.05) is 6.58 Å². The molecule has 4 rings (SSSR count). The van der Waals surface area contributed by atoms with Crippen LogP contribution in [-0.4, -0.2) is 50.8 Å². The van der Waals surface area contributed by atoms with Crippen LogP contribution >= 0.6 is 11.3 Å². The van der Waals surface area contributed by atoms with Crippen molar-refractivity contribution in [3.63, 3.8) is 0 Å². The fourth-order valence-corrected chi connectivity index (χ4v) is 3.82. The molecule has 8 nitrogen and oxygen atoms in total. The Labute approximate surface area is 177 Å². The van der Waals surface area contributed by atoms with Crippen LogP contribution in [0.25, 0.3) is 10.6 Å². The second-order valence-electron chi connectivity index (χ2n) is 6.78. The van der Waals surface area contributed by atoms with Gasteiger partial charge in [0.05, 0.1) is 16.1 Å². The lowest BCUT2D eigenvalue weighted by atomic mass is 10.2. The second kappa shape index (κ2) is 8.83. The van der Waals surface area contributed by atoms with Crippen molar-refractivity contribution >= 4 is 34.8 Å². The third-order valence-corrected chi connectivity index (χ3v) is 5.53. The van der Waals surface area contributed by atoms with Crippen LogP contribution < -0.4 is 10.6 Å². The maximum Gasteiger partial charge on any atom is 0.253 e. The van der Waals surface area contributed by atoms with E-state index >= 15 is 0 Å². The summed E-state index contributed by atoms with van der Waals surface area (Å²) in [7, 11) is 0. The van der Waals surface area contributed by atoms with Crippen molar-refractivity contribution in [2.45, 2.75) is 12.5 Å². The summed E-state index contributed by atoms with van der Waals surface area (Å²) in [6.45, 7) is 4.64. The van der Waals surface area contributed by atoms with Crippen molar-refractivity contribution in [3.8, 4) is 10.6 Å². The number of carbonyl (C=O) groups is 2. The second-order valence-corrected chi connectivity index (χ2v) is 7.67. The molecule has 0 unspecified atom stereocenters. The van der Waals surface area contributed by atoms with Crippen LogP contribution in [0.4, 0.5) is 11.6 Å². The van der Waals surface area contributed by atoms with Gasteiger partial charge in [-0.3, -0.25) is 14.6 Å². The molecular weight excluding hydrogens is 400 g/mol. The Hall–Kier alpha value is -3.59. The summed E-state index contributed by atoms with van der Waals surface area (Å²) in [6, 6.07) is 8.77. The van der Waals surface area contributed by atoms with E-state index in [-0.39, 0.29) is 17.9 Å². The zero-order chi connectivity index (χ0) is 20.9. The molecule has 1 saturated heterocycles. The average Bonchev–Trinajstić information content (AvgIpc) is 3.46. The molecule has 2 amide bonds. The van der Waals surface area contributed by atoms with E-state index in [0.717, 1.165) is 17.0 Å². The minimum Gasteiger partial charge on any atom is -0.350 e. The first kappa shape index (κ1) is 19.7. The van der Waals surface area contributed by atoms with Gasteiger partial charge in [-0.15, -0.1) is 11.3 Å². The molecule has 1 aromatic carbocycles. The number of nitrogens with one attached hydrogen (secondary N) is 2. The third-order valence-electron chi connectivity index (χ3n) is 4.73. The topological polar surface area (TPSA) is 100 Å². The summed E-state index contributed by atoms with van der Waals surface area (Å²) in [6.07, 6.45) is 5.51. The average molecular weight is 420 g/mol. The van der Waals surface area contributed by atoms with Gasteiger partial charge in [-0.2, -0.15) is 0 Å². The first-order valence-corrected chi connectivity index (χ1v) is 10.3. The van der Waals surface area contributed by atoms with Crippen molar-refractivity contribution in [2.75, 3.05) is 23.7 Å². The van der Waals surface area contributed by atoms with E-state index in [2.05, 4.69) is 32.2 Å². The van der Waals surface area contributed by atoms with E-state index in [1.807, 2.05) is 11.0 Å². The van der Waals surface area contributed by atoms with Gasteiger partial charge >= 0.3 is 0 Å². The Bertz CT molecular complexity index is 1050. The Morgan fingerprint density at radius 1 is 1.23 bits per heavy atom. The summed E-state index contributed by atoms with van der Waals surface area (Å²) in [5.41, 5.74) is 3.79. The molecule has 1 aliphatic heterocycles. The van der Waals surface area contributed by atoms with Gasteiger partial charge in [0.2, 0.25) is 11.9 Å². The van der Waals surface area contributed by atoms with E-state index in [9.17, 15) is 9.59 Å². The maximum atomic E-state index is 12.8. The Kier molecular flexibility index (Phi) is 5.80. The number of amides is 2. The summed E-state index contributed by atoms with van der Waals surface area (Å²) in [5, 5.41) is 6.00. The number of thiazole rings is 1. The Morgan fingerprint density at radius 2 is 2.07 bits per heavy atom. The quantitative estimate of drug-likeness (QED) is 0.595. The Balaban J connectivity index is 1.36. The van der Waals surface area contributed by atoms with Crippen molar-refractivity contribution in [1.82, 2.24) is 19.9 Å². The minimum atomic E-state index is -0.288. The van der Waals surface area contributed by atoms with E-state index in [1.54, 1.807) is 42.2 Å². The molecule has 0 saturated carbocycles. The van der Waals surface area contributed by atoms with Gasteiger partial charge in [0.1, 0.15) is 0 Å². The minimum absolute atomic E-state index is 0.0415. The molecule has 1 aliphatic rings. The lowest BCUT2D eigenvalue weighted by molar-refractivity contribution is -0.111. The molecule has 0 aliphatic carbocycles. The number of rotatable bonds is 6. The monoisotopic (exact) mass is 420 g/mol. The van der Waals surface area contributed by atoms with Crippen molar-refractivity contribution in [1.29, 1.82) is 0 Å². The van der Waals surface area contributed by atoms with Gasteiger partial charge in [0.25, 0.3) is 5.91 Å². The third kappa shape index (κ3) is 4.52. The van der Waals surface area contributed by atoms with E-state index < -0.39 is 0 Å². The molecule has 3 heterocycles. The lowest BCUT2D eigenvalue weighted by Gasteiger charge is -2.17. The van der Waals surface area contributed by atoms with Gasteiger partial charge in [-0.25, -0.2) is 9.97 Å². The van der Waals surface area contributed by atoms with Gasteiger partial charge in [-0.05, 0) is 42.8 Å². The molecule has 152 valence electrons. The lowest BCUT2D eigenvalue weighted by Crippen LogP contribution is -2.31. The van der Waals surface area contributed by atoms with Crippen LogP contribution in [0.1, 0.15) is 16.8 Å². The molecule has 2 aromatic heterocycles. The molecule has 9 heteroatoms. The number of benzene rings is 1. The molecule has 30 heavy (non-hydrogen) atoms. The zero-order valence-electron chi connectivity index (χ0n) is 16.1. The van der Waals surface area contributed by atoms with Crippen LogP contribution in [0, 0.1) is 0 Å². The highest BCUT2D eigenvalue weighted by atomic mass is 32.1. The predicted molar refractivity (Wildman–Crippen MR) is 116 cm³/mol. The highest BCUT2D eigenvalue weighted by molar-refractivity contribution is 7.13. The molecule has 1 atom stereocenters. The summed E-state index contributed by atoms with van der Waals surface area (Å²) in [5.74, 6) is 0.215. The van der Waals surface area contributed by atoms with Crippen LogP contribution in [0.5, 0.6) is 0 Å². The highest BCUT2D eigenvalue weighted by Gasteiger charge is 2.27. The summed E-state index contributed by atoms with van der Waals surface area (Å²) < 4.78 is 0. The van der Waals surface area contributed by atoms with E-state index in [4.69, 9.17) is 0 Å². The molecule has 3 aromatic rings. The van der Waals surface area contributed by atoms with Crippen LogP contribution in [0.2, 0.25) is 0 Å². The first-order chi connectivity index (χ1) is 14.6. The summed E-state index contributed by atoms with van der Waals surface area (Å²) in [4.78, 5) is 39.9. The first-order valence-electron chi connectivity index (χ1n) is 9.43. The maximum absolute atomic E-state index is 12.8. The number of aromatic nitrogens is 3. The molecule has 2 N–H and O–H groups in total. The van der Waals surface area contributed by atoms with Crippen LogP contribution in [0.3, 0.4) is 0 Å². The van der Waals surface area contributed by atoms with Crippen molar-refractivity contribution in [2.24, 2.45) is 0 Å². The molecule has 1 fully saturated rings. The van der Waals surface area contributed by atoms with E-state index in [0.29, 0.717) is 30.3 Å². The van der Waals surface area contributed by atoms with Crippen molar-refractivity contribution < 1.29 is 9.59 Å². The zero-order valence-corrected chi connectivity index (χ0v) is 16.9. The fraction of sp³-hybridized carbons (Fsp3) is 0.190. The molecule has 0 spiro atoms. The smallest absolute Gasteiger partial charge is 0.253 e. The number of carbonyl (C=O) groups excluding carboxylic acids is 2. The van der Waals surface area contributed by atoms with Crippen LogP contribution in [-0.2, 0) is 4.79 Å². The predicted octanol–water partition coefficient (Wildman–Crippen LogP) is 3.05. The molecular formula is C21H20N6O2S. The number of nitrogens with zero attached hydrogens (tertiary/aromatic N) is 4. The number of anilines is 2. The van der Waals surface area contributed by atoms with Gasteiger partial charge < -0.3 is 15.5 Å². The standard InChI is InChI=1S/C21H20N6O2S/c1-2-19(28)24-15-5-3-14(4-6-15)20(29)27-10-8-16(12-27)25-21-23-9-7-17(26-21)18-11-22-13-30-18/h2-7,9,11,13,16H,1,8,10,12H2,(H,24,28)(H,23,25,26)/t16-/m1/s1. The summed E-state index contributed by atoms with van der Waals surface area (Å²) >= 11 is 1.52. The largest absolute Gasteiger partial charge is 0.350 e. The normalized spacial score (nSPS) is 15.6. The van der Waals surface area contributed by atoms with E-state index in [1.165, 1.54) is 17.4 Å². The molecule has 0 radical (unpaired) electrons. The number of likely N-dealkylation sites (tertiary alicyclic amines) is 1. The highest BCUT2D eigenvalue weighted by Crippen LogP contribution is 2.22. The van der Waals surface area contributed by atoms with Gasteiger partial charge in [0.15, 0.2) is 0 Å². The molecule has 0 bridgehead atoms. The number of hydrogen-bond acceptors (Lipinski definition) is 7. The van der Waals surface area contributed by atoms with Crippen molar-refractivity contribution in [3.05, 3.63) is 66.5 Å². The Morgan fingerprint density at radius 3 is 2.80 bits per heavy atom. The van der Waals surface area contributed by atoms with Crippen LogP contribution in [0.15, 0.2) is 60.9 Å². The SMILES string of the molecule is C=CC(=O)Nc1ccc(C(=O)N2CC[C@@H](Nc3nccc(-c4cncs4)n3)C2)cc1. The van der Waals surface area contributed by atoms with Gasteiger partial charge in [0, 0.05) is 42.8 Å². The fourth-order valence-electron chi connectivity index (χ4n) is 3.22. The number of hydrogen-bond donors (Lipinski definition) is 2.